The molecule has 1 rings (SSSR count). The van der Waals surface area contributed by atoms with Gasteiger partial charge in [-0.25, -0.2) is 0 Å². The number of anilines is 1. The van der Waals surface area contributed by atoms with Crippen LogP contribution in [0.1, 0.15) is 12.5 Å². The van der Waals surface area contributed by atoms with Crippen molar-refractivity contribution in [2.45, 2.75) is 13.8 Å². The average Bonchev–Trinajstić information content (AvgIpc) is 2.03. The molecule has 0 bridgehead atoms. The van der Waals surface area contributed by atoms with E-state index in [1.165, 1.54) is 0 Å². The number of allylic oxidation sites excluding steroid dienone is 1. The Morgan fingerprint density at radius 3 is 2.75 bits per heavy atom. The molecule has 2 nitrogen and oxygen atoms in total. The van der Waals surface area contributed by atoms with Crippen molar-refractivity contribution < 1.29 is 4.74 Å². The number of hydrogen-bond donors (Lipinski definition) is 1. The molecule has 0 aromatic heterocycles. The summed E-state index contributed by atoms with van der Waals surface area (Å²) in [6.07, 6.45) is 3.43. The van der Waals surface area contributed by atoms with E-state index < -0.39 is 0 Å². The highest BCUT2D eigenvalue weighted by Gasteiger charge is 1.96. The highest BCUT2D eigenvalue weighted by molar-refractivity contribution is 5.54. The van der Waals surface area contributed by atoms with E-state index in [1.807, 2.05) is 38.1 Å². The standard InChI is InChI=1S/C10H13NO/c1-3-6-12-10-5-4-8(2)7-9(10)11/h3-7H,11H2,1-2H3/b6-3-. The zero-order valence-electron chi connectivity index (χ0n) is 7.37. The van der Waals surface area contributed by atoms with Gasteiger partial charge in [-0.05, 0) is 31.5 Å². The summed E-state index contributed by atoms with van der Waals surface area (Å²) < 4.78 is 5.24. The zero-order valence-corrected chi connectivity index (χ0v) is 7.37. The molecule has 0 radical (unpaired) electrons. The summed E-state index contributed by atoms with van der Waals surface area (Å²) in [6, 6.07) is 5.72. The Labute approximate surface area is 72.7 Å². The van der Waals surface area contributed by atoms with Gasteiger partial charge in [-0.1, -0.05) is 12.1 Å². The third-order valence-electron chi connectivity index (χ3n) is 1.50. The van der Waals surface area contributed by atoms with E-state index in [1.54, 1.807) is 6.26 Å². The Balaban J connectivity index is 2.86. The van der Waals surface area contributed by atoms with Crippen molar-refractivity contribution in [1.82, 2.24) is 0 Å². The van der Waals surface area contributed by atoms with Crippen LogP contribution in [0.25, 0.3) is 0 Å². The van der Waals surface area contributed by atoms with Gasteiger partial charge < -0.3 is 10.5 Å². The minimum atomic E-state index is 0.674. The van der Waals surface area contributed by atoms with Crippen molar-refractivity contribution in [3.05, 3.63) is 36.1 Å². The summed E-state index contributed by atoms with van der Waals surface area (Å²) in [5, 5.41) is 0. The molecule has 0 heterocycles. The largest absolute Gasteiger partial charge is 0.463 e. The number of rotatable bonds is 2. The fourth-order valence-corrected chi connectivity index (χ4v) is 0.917. The summed E-state index contributed by atoms with van der Waals surface area (Å²) in [6.45, 7) is 3.89. The van der Waals surface area contributed by atoms with E-state index in [2.05, 4.69) is 0 Å². The monoisotopic (exact) mass is 163 g/mol. The predicted molar refractivity (Wildman–Crippen MR) is 51.0 cm³/mol. The lowest BCUT2D eigenvalue weighted by atomic mass is 10.2. The van der Waals surface area contributed by atoms with Gasteiger partial charge in [-0.15, -0.1) is 0 Å². The van der Waals surface area contributed by atoms with Gasteiger partial charge in [-0.3, -0.25) is 0 Å². The number of aryl methyl sites for hydroxylation is 1. The summed E-state index contributed by atoms with van der Waals surface area (Å²) in [7, 11) is 0. The second kappa shape index (κ2) is 3.81. The van der Waals surface area contributed by atoms with Crippen LogP contribution in [0.15, 0.2) is 30.5 Å². The van der Waals surface area contributed by atoms with Crippen molar-refractivity contribution in [3.63, 3.8) is 0 Å². The molecule has 0 spiro atoms. The molecule has 0 aliphatic carbocycles. The Hall–Kier alpha value is -1.44. The van der Waals surface area contributed by atoms with Gasteiger partial charge in [-0.2, -0.15) is 0 Å². The second-order valence-electron chi connectivity index (χ2n) is 2.63. The third kappa shape index (κ3) is 2.02. The van der Waals surface area contributed by atoms with Gasteiger partial charge in [0.1, 0.15) is 5.75 Å². The lowest BCUT2D eigenvalue weighted by molar-refractivity contribution is 0.482. The summed E-state index contributed by atoms with van der Waals surface area (Å²) in [4.78, 5) is 0. The lowest BCUT2D eigenvalue weighted by Crippen LogP contribution is -1.91. The van der Waals surface area contributed by atoms with Crippen molar-refractivity contribution in [2.75, 3.05) is 5.73 Å². The lowest BCUT2D eigenvalue weighted by Gasteiger charge is -2.04. The molecular formula is C10H13NO. The molecule has 1 aromatic carbocycles. The number of benzene rings is 1. The third-order valence-corrected chi connectivity index (χ3v) is 1.50. The molecule has 1 aromatic rings. The van der Waals surface area contributed by atoms with Crippen LogP contribution in [0.3, 0.4) is 0 Å². The van der Waals surface area contributed by atoms with E-state index in [0.717, 1.165) is 5.56 Å². The van der Waals surface area contributed by atoms with E-state index in [0.29, 0.717) is 11.4 Å². The number of hydrogen-bond acceptors (Lipinski definition) is 2. The maximum atomic E-state index is 5.70. The summed E-state index contributed by atoms with van der Waals surface area (Å²) in [5.74, 6) is 0.707. The van der Waals surface area contributed by atoms with E-state index in [9.17, 15) is 0 Å². The highest BCUT2D eigenvalue weighted by Crippen LogP contribution is 2.21. The Morgan fingerprint density at radius 2 is 2.17 bits per heavy atom. The molecule has 0 saturated heterocycles. The first-order valence-electron chi connectivity index (χ1n) is 3.88. The molecule has 2 heteroatoms. The fraction of sp³-hybridized carbons (Fsp3) is 0.200. The SMILES string of the molecule is C/C=C\Oc1ccc(C)cc1N. The molecule has 64 valence electrons. The van der Waals surface area contributed by atoms with Gasteiger partial charge in [0.25, 0.3) is 0 Å². The Morgan fingerprint density at radius 1 is 1.42 bits per heavy atom. The molecule has 0 fully saturated rings. The van der Waals surface area contributed by atoms with Gasteiger partial charge in [0.2, 0.25) is 0 Å². The van der Waals surface area contributed by atoms with E-state index in [-0.39, 0.29) is 0 Å². The molecule has 2 N–H and O–H groups in total. The Bertz CT molecular complexity index is 292. The van der Waals surface area contributed by atoms with Crippen molar-refractivity contribution >= 4 is 5.69 Å². The molecule has 0 unspecified atom stereocenters. The molecular weight excluding hydrogens is 150 g/mol. The number of nitrogen functional groups attached to an aromatic ring is 1. The maximum Gasteiger partial charge on any atom is 0.149 e. The van der Waals surface area contributed by atoms with Gasteiger partial charge >= 0.3 is 0 Å². The van der Waals surface area contributed by atoms with E-state index in [4.69, 9.17) is 10.5 Å². The molecule has 12 heavy (non-hydrogen) atoms. The first-order chi connectivity index (χ1) is 5.74. The Kier molecular flexibility index (Phi) is 2.75. The minimum absolute atomic E-state index is 0.674. The quantitative estimate of drug-likeness (QED) is 0.537. The van der Waals surface area contributed by atoms with Gasteiger partial charge in [0, 0.05) is 0 Å². The first kappa shape index (κ1) is 8.65. The fourth-order valence-electron chi connectivity index (χ4n) is 0.917. The van der Waals surface area contributed by atoms with Gasteiger partial charge in [0.05, 0.1) is 11.9 Å². The average molecular weight is 163 g/mol. The second-order valence-corrected chi connectivity index (χ2v) is 2.63. The highest BCUT2D eigenvalue weighted by atomic mass is 16.5. The van der Waals surface area contributed by atoms with Crippen LogP contribution in [-0.4, -0.2) is 0 Å². The van der Waals surface area contributed by atoms with Crippen LogP contribution in [0, 0.1) is 6.92 Å². The van der Waals surface area contributed by atoms with Crippen molar-refractivity contribution in [2.24, 2.45) is 0 Å². The van der Waals surface area contributed by atoms with Crippen LogP contribution in [0.5, 0.6) is 5.75 Å². The topological polar surface area (TPSA) is 35.2 Å². The summed E-state index contributed by atoms with van der Waals surface area (Å²) >= 11 is 0. The molecule has 0 atom stereocenters. The minimum Gasteiger partial charge on any atom is -0.463 e. The zero-order chi connectivity index (χ0) is 8.97. The summed E-state index contributed by atoms with van der Waals surface area (Å²) in [5.41, 5.74) is 7.52. The molecule has 0 aliphatic heterocycles. The molecule has 0 saturated carbocycles. The van der Waals surface area contributed by atoms with Crippen molar-refractivity contribution in [1.29, 1.82) is 0 Å². The maximum absolute atomic E-state index is 5.70. The predicted octanol–water partition coefficient (Wildman–Crippen LogP) is 2.49. The van der Waals surface area contributed by atoms with Crippen LogP contribution in [-0.2, 0) is 0 Å². The van der Waals surface area contributed by atoms with Crippen LogP contribution >= 0.6 is 0 Å². The number of ether oxygens (including phenoxy) is 1. The molecule has 0 amide bonds. The number of nitrogens with two attached hydrogens (primary N) is 1. The van der Waals surface area contributed by atoms with Crippen LogP contribution in [0.2, 0.25) is 0 Å². The van der Waals surface area contributed by atoms with E-state index >= 15 is 0 Å². The van der Waals surface area contributed by atoms with Gasteiger partial charge in [0.15, 0.2) is 0 Å². The van der Waals surface area contributed by atoms with Crippen LogP contribution < -0.4 is 10.5 Å². The van der Waals surface area contributed by atoms with Crippen molar-refractivity contribution in [3.8, 4) is 5.75 Å². The smallest absolute Gasteiger partial charge is 0.149 e. The first-order valence-corrected chi connectivity index (χ1v) is 3.88. The normalized spacial score (nSPS) is 10.5. The molecule has 0 aliphatic rings. The van der Waals surface area contributed by atoms with Crippen LogP contribution in [0.4, 0.5) is 5.69 Å².